The lowest BCUT2D eigenvalue weighted by molar-refractivity contribution is -0.258. The summed E-state index contributed by atoms with van der Waals surface area (Å²) in [6.45, 7) is 1.45. The third-order valence-electron chi connectivity index (χ3n) is 6.54. The van der Waals surface area contributed by atoms with E-state index in [-0.39, 0.29) is 34.4 Å². The zero-order valence-corrected chi connectivity index (χ0v) is 18.1. The van der Waals surface area contributed by atoms with Gasteiger partial charge in [0.25, 0.3) is 5.91 Å². The second-order valence-corrected chi connectivity index (χ2v) is 11.2. The van der Waals surface area contributed by atoms with E-state index in [1.807, 2.05) is 0 Å². The molecule has 1 atom stereocenters. The molecule has 0 aromatic heterocycles. The molecule has 10 heteroatoms. The first-order valence-corrected chi connectivity index (χ1v) is 12.1. The van der Waals surface area contributed by atoms with Crippen molar-refractivity contribution in [1.29, 1.82) is 0 Å². The van der Waals surface area contributed by atoms with Crippen LogP contribution >= 0.6 is 0 Å². The molecule has 172 valence electrons. The summed E-state index contributed by atoms with van der Waals surface area (Å²) < 4.78 is 65.6. The Bertz CT molecular complexity index is 930. The van der Waals surface area contributed by atoms with E-state index in [4.69, 9.17) is 0 Å². The van der Waals surface area contributed by atoms with Crippen molar-refractivity contribution in [3.63, 3.8) is 0 Å². The smallest absolute Gasteiger partial charge is 0.376 e. The Labute approximate surface area is 180 Å². The Kier molecular flexibility index (Phi) is 5.63. The molecule has 3 aliphatic rings. The number of carbonyl (C=O) groups excluding carboxylic acids is 1. The van der Waals surface area contributed by atoms with Crippen LogP contribution in [0.3, 0.4) is 0 Å². The second-order valence-electron chi connectivity index (χ2n) is 8.97. The highest BCUT2D eigenvalue weighted by Gasteiger charge is 2.51. The number of rotatable bonds is 6. The van der Waals surface area contributed by atoms with E-state index in [0.717, 1.165) is 25.0 Å². The van der Waals surface area contributed by atoms with Crippen LogP contribution in [0.4, 0.5) is 13.2 Å². The molecular formula is C21H27F3N2O4S. The second kappa shape index (κ2) is 7.74. The standard InChI is InChI=1S/C21H27F3N2O4S/c1-20(28,21(22,23)24)15-4-2-14(3-5-15)19(27)26(16-6-7-16)17-10-12-25(13-11-17)31(29,30)18-8-9-18/h2-5,16-18,28H,6-13H2,1H3/t20-/m0/s1. The topological polar surface area (TPSA) is 77.9 Å². The van der Waals surface area contributed by atoms with Crippen LogP contribution in [0.1, 0.15) is 61.4 Å². The Morgan fingerprint density at radius 1 is 1.00 bits per heavy atom. The minimum Gasteiger partial charge on any atom is -0.376 e. The average molecular weight is 461 g/mol. The average Bonchev–Trinajstić information content (AvgIpc) is 3.61. The van der Waals surface area contributed by atoms with Gasteiger partial charge in [-0.15, -0.1) is 0 Å². The molecule has 1 heterocycles. The molecule has 6 nitrogen and oxygen atoms in total. The minimum atomic E-state index is -4.83. The fraction of sp³-hybridized carbons (Fsp3) is 0.667. The summed E-state index contributed by atoms with van der Waals surface area (Å²) in [6.07, 6.45) is -0.559. The molecule has 1 aliphatic heterocycles. The van der Waals surface area contributed by atoms with Gasteiger partial charge in [-0.25, -0.2) is 12.7 Å². The normalized spacial score (nSPS) is 23.4. The van der Waals surface area contributed by atoms with Crippen molar-refractivity contribution in [3.8, 4) is 0 Å². The van der Waals surface area contributed by atoms with Crippen LogP contribution in [0.2, 0.25) is 0 Å². The highest BCUT2D eigenvalue weighted by atomic mass is 32.2. The highest BCUT2D eigenvalue weighted by Crippen LogP contribution is 2.39. The maximum absolute atomic E-state index is 13.2. The monoisotopic (exact) mass is 460 g/mol. The molecule has 0 bridgehead atoms. The summed E-state index contributed by atoms with van der Waals surface area (Å²) in [5.41, 5.74) is -3.06. The third-order valence-corrected chi connectivity index (χ3v) is 8.94. The number of carbonyl (C=O) groups is 1. The van der Waals surface area contributed by atoms with E-state index in [2.05, 4.69) is 0 Å². The number of hydrogen-bond acceptors (Lipinski definition) is 4. The van der Waals surface area contributed by atoms with Crippen LogP contribution in [0.25, 0.3) is 0 Å². The number of aliphatic hydroxyl groups is 1. The summed E-state index contributed by atoms with van der Waals surface area (Å²) in [5, 5.41) is 9.57. The Balaban J connectivity index is 1.46. The maximum atomic E-state index is 13.2. The highest BCUT2D eigenvalue weighted by molar-refractivity contribution is 7.90. The van der Waals surface area contributed by atoms with Gasteiger partial charge in [-0.3, -0.25) is 4.79 Å². The van der Waals surface area contributed by atoms with Gasteiger partial charge in [0.15, 0.2) is 5.60 Å². The van der Waals surface area contributed by atoms with Gasteiger partial charge >= 0.3 is 6.18 Å². The Hall–Kier alpha value is -1.65. The summed E-state index contributed by atoms with van der Waals surface area (Å²) in [4.78, 5) is 15.0. The van der Waals surface area contributed by atoms with Crippen molar-refractivity contribution in [2.24, 2.45) is 0 Å². The van der Waals surface area contributed by atoms with E-state index >= 15 is 0 Å². The lowest BCUT2D eigenvalue weighted by Crippen LogP contribution is -2.50. The first-order chi connectivity index (χ1) is 14.4. The molecule has 0 unspecified atom stereocenters. The molecule has 1 aromatic rings. The quantitative estimate of drug-likeness (QED) is 0.708. The number of nitrogens with zero attached hydrogens (tertiary/aromatic N) is 2. The summed E-state index contributed by atoms with van der Waals surface area (Å²) >= 11 is 0. The van der Waals surface area contributed by atoms with Gasteiger partial charge in [0.2, 0.25) is 10.0 Å². The van der Waals surface area contributed by atoms with E-state index in [1.165, 1.54) is 16.4 Å². The van der Waals surface area contributed by atoms with Crippen LogP contribution in [-0.2, 0) is 15.6 Å². The first-order valence-electron chi connectivity index (χ1n) is 10.6. The predicted molar refractivity (Wildman–Crippen MR) is 108 cm³/mol. The molecule has 31 heavy (non-hydrogen) atoms. The summed E-state index contributed by atoms with van der Waals surface area (Å²) in [6, 6.07) is 4.90. The molecule has 4 rings (SSSR count). The SMILES string of the molecule is C[C@](O)(c1ccc(C(=O)N(C2CC2)C2CCN(S(=O)(=O)C3CC3)CC2)cc1)C(F)(F)F. The number of benzene rings is 1. The van der Waals surface area contributed by atoms with E-state index in [9.17, 15) is 31.5 Å². The Morgan fingerprint density at radius 2 is 1.52 bits per heavy atom. The Morgan fingerprint density at radius 3 is 1.97 bits per heavy atom. The van der Waals surface area contributed by atoms with E-state index < -0.39 is 21.8 Å². The van der Waals surface area contributed by atoms with Crippen LogP contribution in [0, 0.1) is 0 Å². The number of halogens is 3. The number of amides is 1. The maximum Gasteiger partial charge on any atom is 0.421 e. The largest absolute Gasteiger partial charge is 0.421 e. The van der Waals surface area contributed by atoms with E-state index in [1.54, 1.807) is 4.90 Å². The van der Waals surface area contributed by atoms with Crippen molar-refractivity contribution < 1.29 is 31.5 Å². The van der Waals surface area contributed by atoms with Crippen LogP contribution in [0.5, 0.6) is 0 Å². The molecular weight excluding hydrogens is 433 g/mol. The lowest BCUT2D eigenvalue weighted by Gasteiger charge is -2.38. The fourth-order valence-electron chi connectivity index (χ4n) is 4.18. The number of piperidine rings is 1. The van der Waals surface area contributed by atoms with Crippen molar-refractivity contribution in [3.05, 3.63) is 35.4 Å². The van der Waals surface area contributed by atoms with Crippen LogP contribution < -0.4 is 0 Å². The van der Waals surface area contributed by atoms with Crippen molar-refractivity contribution in [1.82, 2.24) is 9.21 Å². The molecule has 1 N–H and O–H groups in total. The van der Waals surface area contributed by atoms with Gasteiger partial charge in [-0.2, -0.15) is 13.2 Å². The first kappa shape index (κ1) is 22.5. The van der Waals surface area contributed by atoms with Crippen molar-refractivity contribution >= 4 is 15.9 Å². The van der Waals surface area contributed by atoms with Crippen LogP contribution in [0.15, 0.2) is 24.3 Å². The zero-order valence-electron chi connectivity index (χ0n) is 17.3. The van der Waals surface area contributed by atoms with Crippen molar-refractivity contribution in [2.75, 3.05) is 13.1 Å². The minimum absolute atomic E-state index is 0.0852. The number of sulfonamides is 1. The van der Waals surface area contributed by atoms with Gasteiger partial charge in [-0.1, -0.05) is 12.1 Å². The molecule has 0 radical (unpaired) electrons. The fourth-order valence-corrected chi connectivity index (χ4v) is 6.06. The number of alkyl halides is 3. The third kappa shape index (κ3) is 4.34. The van der Waals surface area contributed by atoms with Crippen LogP contribution in [-0.4, -0.2) is 65.2 Å². The van der Waals surface area contributed by atoms with Gasteiger partial charge in [-0.05, 0) is 63.1 Å². The predicted octanol–water partition coefficient (Wildman–Crippen LogP) is 3.02. The molecule has 1 aromatic carbocycles. The molecule has 2 saturated carbocycles. The van der Waals surface area contributed by atoms with Gasteiger partial charge in [0.05, 0.1) is 5.25 Å². The zero-order chi connectivity index (χ0) is 22.6. The number of hydrogen-bond donors (Lipinski definition) is 1. The van der Waals surface area contributed by atoms with Gasteiger partial charge in [0.1, 0.15) is 0 Å². The van der Waals surface area contributed by atoms with Crippen molar-refractivity contribution in [2.45, 2.75) is 74.6 Å². The molecule has 1 amide bonds. The summed E-state index contributed by atoms with van der Waals surface area (Å²) in [5.74, 6) is -0.260. The summed E-state index contributed by atoms with van der Waals surface area (Å²) in [7, 11) is -3.23. The lowest BCUT2D eigenvalue weighted by atomic mass is 9.94. The molecule has 3 fully saturated rings. The van der Waals surface area contributed by atoms with E-state index in [0.29, 0.717) is 45.7 Å². The molecule has 0 spiro atoms. The van der Waals surface area contributed by atoms with Gasteiger partial charge < -0.3 is 10.0 Å². The molecule has 1 saturated heterocycles. The van der Waals surface area contributed by atoms with Gasteiger partial charge in [0, 0.05) is 30.7 Å². The molecule has 2 aliphatic carbocycles.